The van der Waals surface area contributed by atoms with Crippen LogP contribution in [0.25, 0.3) is 5.69 Å². The van der Waals surface area contributed by atoms with E-state index in [1.165, 1.54) is 0 Å². The smallest absolute Gasteiger partial charge is 0.258 e. The van der Waals surface area contributed by atoms with Gasteiger partial charge in [0.05, 0.1) is 16.9 Å². The van der Waals surface area contributed by atoms with E-state index in [9.17, 15) is 4.79 Å². The molecule has 1 amide bonds. The first kappa shape index (κ1) is 16.0. The fourth-order valence-corrected chi connectivity index (χ4v) is 3.24. The second-order valence-electron chi connectivity index (χ2n) is 5.95. The van der Waals surface area contributed by atoms with Crippen molar-refractivity contribution >= 4 is 17.5 Å². The average molecular weight is 333 g/mol. The monoisotopic (exact) mass is 332 g/mol. The van der Waals surface area contributed by atoms with E-state index in [0.29, 0.717) is 16.4 Å². The average Bonchev–Trinajstić information content (AvgIpc) is 2.72. The van der Waals surface area contributed by atoms with Gasteiger partial charge in [0, 0.05) is 19.6 Å². The minimum absolute atomic E-state index is 0.0232. The zero-order chi connectivity index (χ0) is 16.4. The number of carbonyl (C=O) groups excluding carboxylic acids is 1. The number of nitrogens with zero attached hydrogens (tertiary/aromatic N) is 4. The number of benzene rings is 1. The molecule has 0 unspecified atom stereocenters. The molecule has 1 aliphatic rings. The number of hydrogen-bond donors (Lipinski definition) is 0. The van der Waals surface area contributed by atoms with E-state index in [4.69, 9.17) is 11.6 Å². The van der Waals surface area contributed by atoms with Gasteiger partial charge in [-0.25, -0.2) is 4.68 Å². The summed E-state index contributed by atoms with van der Waals surface area (Å²) < 4.78 is 1.63. The maximum atomic E-state index is 12.9. The van der Waals surface area contributed by atoms with Gasteiger partial charge in [-0.3, -0.25) is 4.79 Å². The van der Waals surface area contributed by atoms with Gasteiger partial charge in [0.2, 0.25) is 0 Å². The van der Waals surface area contributed by atoms with Crippen molar-refractivity contribution in [2.24, 2.45) is 0 Å². The predicted molar refractivity (Wildman–Crippen MR) is 91.3 cm³/mol. The van der Waals surface area contributed by atoms with Crippen LogP contribution in [0.4, 0.5) is 0 Å². The van der Waals surface area contributed by atoms with Gasteiger partial charge < -0.3 is 9.80 Å². The molecule has 23 heavy (non-hydrogen) atoms. The quantitative estimate of drug-likeness (QED) is 0.849. The van der Waals surface area contributed by atoms with Crippen molar-refractivity contribution in [3.63, 3.8) is 0 Å². The van der Waals surface area contributed by atoms with Crippen molar-refractivity contribution in [2.45, 2.75) is 13.3 Å². The fraction of sp³-hybridized carbons (Fsp3) is 0.412. The van der Waals surface area contributed by atoms with Crippen molar-refractivity contribution in [1.82, 2.24) is 19.6 Å². The third-order valence-electron chi connectivity index (χ3n) is 4.23. The summed E-state index contributed by atoms with van der Waals surface area (Å²) >= 11 is 6.49. The molecule has 2 aromatic rings. The number of rotatable bonds is 2. The molecule has 0 atom stereocenters. The number of hydrogen-bond acceptors (Lipinski definition) is 3. The molecule has 1 aromatic carbocycles. The summed E-state index contributed by atoms with van der Waals surface area (Å²) in [6.45, 7) is 5.22. The van der Waals surface area contributed by atoms with Gasteiger partial charge in [0.1, 0.15) is 5.15 Å². The standard InChI is InChI=1S/C17H21ClN4O/c1-13-15(17(23)21-10-6-9-20(2)11-12-21)16(18)22(19-13)14-7-4-3-5-8-14/h3-5,7-8H,6,9-12H2,1-2H3. The molecular weight excluding hydrogens is 312 g/mol. The Kier molecular flexibility index (Phi) is 4.68. The number of amides is 1. The molecule has 0 radical (unpaired) electrons. The SMILES string of the molecule is Cc1nn(-c2ccccc2)c(Cl)c1C(=O)N1CCCN(C)CC1. The van der Waals surface area contributed by atoms with Crippen molar-refractivity contribution < 1.29 is 4.79 Å². The van der Waals surface area contributed by atoms with Gasteiger partial charge in [-0.1, -0.05) is 29.8 Å². The minimum Gasteiger partial charge on any atom is -0.337 e. The van der Waals surface area contributed by atoms with Gasteiger partial charge in [-0.15, -0.1) is 0 Å². The number of likely N-dealkylation sites (N-methyl/N-ethyl adjacent to an activating group) is 1. The molecule has 6 heteroatoms. The van der Waals surface area contributed by atoms with Crippen LogP contribution in [-0.2, 0) is 0 Å². The Balaban J connectivity index is 1.91. The maximum Gasteiger partial charge on any atom is 0.258 e. The van der Waals surface area contributed by atoms with E-state index in [2.05, 4.69) is 17.0 Å². The number of aryl methyl sites for hydroxylation is 1. The molecule has 0 aliphatic carbocycles. The lowest BCUT2D eigenvalue weighted by atomic mass is 10.2. The third-order valence-corrected chi connectivity index (χ3v) is 4.57. The molecule has 3 rings (SSSR count). The van der Waals surface area contributed by atoms with Crippen LogP contribution in [0.2, 0.25) is 5.15 Å². The van der Waals surface area contributed by atoms with E-state index in [0.717, 1.165) is 38.3 Å². The summed E-state index contributed by atoms with van der Waals surface area (Å²) in [6.07, 6.45) is 0.978. The molecule has 0 saturated carbocycles. The molecule has 0 spiro atoms. The van der Waals surface area contributed by atoms with Crippen molar-refractivity contribution in [2.75, 3.05) is 33.2 Å². The normalized spacial score (nSPS) is 16.4. The molecule has 2 heterocycles. The highest BCUT2D eigenvalue weighted by molar-refractivity contribution is 6.33. The van der Waals surface area contributed by atoms with Crippen LogP contribution < -0.4 is 0 Å². The lowest BCUT2D eigenvalue weighted by molar-refractivity contribution is 0.0762. The van der Waals surface area contributed by atoms with Crippen molar-refractivity contribution in [3.05, 3.63) is 46.7 Å². The Morgan fingerprint density at radius 3 is 2.61 bits per heavy atom. The zero-order valence-electron chi connectivity index (χ0n) is 13.5. The first-order chi connectivity index (χ1) is 11.1. The van der Waals surface area contributed by atoms with Crippen LogP contribution >= 0.6 is 11.6 Å². The number of aromatic nitrogens is 2. The molecule has 0 bridgehead atoms. The highest BCUT2D eigenvalue weighted by Gasteiger charge is 2.26. The van der Waals surface area contributed by atoms with Crippen LogP contribution in [0.1, 0.15) is 22.5 Å². The molecule has 5 nitrogen and oxygen atoms in total. The first-order valence-corrected chi connectivity index (χ1v) is 8.24. The van der Waals surface area contributed by atoms with Gasteiger partial charge in [0.25, 0.3) is 5.91 Å². The van der Waals surface area contributed by atoms with E-state index < -0.39 is 0 Å². The Morgan fingerprint density at radius 1 is 1.13 bits per heavy atom. The van der Waals surface area contributed by atoms with Crippen LogP contribution in [0.3, 0.4) is 0 Å². The Labute approximate surface area is 141 Å². The largest absolute Gasteiger partial charge is 0.337 e. The topological polar surface area (TPSA) is 41.4 Å². The lowest BCUT2D eigenvalue weighted by Crippen LogP contribution is -2.34. The molecule has 0 N–H and O–H groups in total. The molecule has 122 valence electrons. The van der Waals surface area contributed by atoms with E-state index in [1.54, 1.807) is 4.68 Å². The molecule has 1 aromatic heterocycles. The summed E-state index contributed by atoms with van der Waals surface area (Å²) in [6, 6.07) is 9.64. The molecule has 1 fully saturated rings. The third kappa shape index (κ3) is 3.26. The number of carbonyl (C=O) groups is 1. The van der Waals surface area contributed by atoms with Gasteiger partial charge in [0.15, 0.2) is 0 Å². The predicted octanol–water partition coefficient (Wildman–Crippen LogP) is 2.61. The van der Waals surface area contributed by atoms with Crippen molar-refractivity contribution in [1.29, 1.82) is 0 Å². The minimum atomic E-state index is -0.0232. The number of para-hydroxylation sites is 1. The summed E-state index contributed by atoms with van der Waals surface area (Å²) in [5.74, 6) is -0.0232. The summed E-state index contributed by atoms with van der Waals surface area (Å²) in [5, 5.41) is 4.85. The second kappa shape index (κ2) is 6.72. The van der Waals surface area contributed by atoms with Crippen LogP contribution in [-0.4, -0.2) is 58.7 Å². The second-order valence-corrected chi connectivity index (χ2v) is 6.31. The lowest BCUT2D eigenvalue weighted by Gasteiger charge is -2.20. The van der Waals surface area contributed by atoms with Gasteiger partial charge in [-0.2, -0.15) is 5.10 Å². The van der Waals surface area contributed by atoms with Crippen molar-refractivity contribution in [3.8, 4) is 5.69 Å². The maximum absolute atomic E-state index is 12.9. The highest BCUT2D eigenvalue weighted by Crippen LogP contribution is 2.25. The summed E-state index contributed by atoms with van der Waals surface area (Å²) in [5.41, 5.74) is 2.04. The summed E-state index contributed by atoms with van der Waals surface area (Å²) in [4.78, 5) is 17.0. The molecular formula is C17H21ClN4O. The highest BCUT2D eigenvalue weighted by atomic mass is 35.5. The van der Waals surface area contributed by atoms with Gasteiger partial charge in [-0.05, 0) is 39.1 Å². The van der Waals surface area contributed by atoms with Gasteiger partial charge >= 0.3 is 0 Å². The number of halogens is 1. The van der Waals surface area contributed by atoms with Crippen LogP contribution in [0.15, 0.2) is 30.3 Å². The Morgan fingerprint density at radius 2 is 1.87 bits per heavy atom. The molecule has 1 aliphatic heterocycles. The zero-order valence-corrected chi connectivity index (χ0v) is 14.3. The Hall–Kier alpha value is -1.85. The first-order valence-electron chi connectivity index (χ1n) is 7.86. The van der Waals surface area contributed by atoms with E-state index >= 15 is 0 Å². The molecule has 1 saturated heterocycles. The van der Waals surface area contributed by atoms with E-state index in [-0.39, 0.29) is 5.91 Å². The fourth-order valence-electron chi connectivity index (χ4n) is 2.89. The van der Waals surface area contributed by atoms with E-state index in [1.807, 2.05) is 42.2 Å². The van der Waals surface area contributed by atoms with Crippen LogP contribution in [0, 0.1) is 6.92 Å². The summed E-state index contributed by atoms with van der Waals surface area (Å²) in [7, 11) is 2.08. The Bertz CT molecular complexity index is 698. The van der Waals surface area contributed by atoms with Crippen LogP contribution in [0.5, 0.6) is 0 Å².